The van der Waals surface area contributed by atoms with E-state index < -0.39 is 17.4 Å². The largest absolute Gasteiger partial charge is 0.435 e. The molecule has 2 aromatic heterocycles. The Balaban J connectivity index is 2.30. The number of nitrogens with zero attached hydrogens (tertiary/aromatic N) is 4. The zero-order valence-electron chi connectivity index (χ0n) is 10.9. The van der Waals surface area contributed by atoms with Crippen molar-refractivity contribution in [1.29, 1.82) is 0 Å². The predicted molar refractivity (Wildman–Crippen MR) is 65.2 cm³/mol. The van der Waals surface area contributed by atoms with Crippen LogP contribution in [0.4, 0.5) is 13.2 Å². The second kappa shape index (κ2) is 5.10. The van der Waals surface area contributed by atoms with Crippen molar-refractivity contribution in [3.05, 3.63) is 46.1 Å². The molecule has 0 aliphatic rings. The molecule has 0 saturated carbocycles. The molecule has 108 valence electrons. The predicted octanol–water partition coefficient (Wildman–Crippen LogP) is 2.09. The third-order valence-electron chi connectivity index (χ3n) is 2.66. The van der Waals surface area contributed by atoms with Crippen LogP contribution in [0.5, 0.6) is 0 Å². The van der Waals surface area contributed by atoms with Crippen molar-refractivity contribution < 1.29 is 13.2 Å². The van der Waals surface area contributed by atoms with Crippen LogP contribution < -0.4 is 5.56 Å². The van der Waals surface area contributed by atoms with Gasteiger partial charge in [0.25, 0.3) is 5.56 Å². The Bertz CT molecular complexity index is 657. The summed E-state index contributed by atoms with van der Waals surface area (Å²) in [4.78, 5) is 11.5. The number of aromatic nitrogens is 4. The molecule has 2 rings (SSSR count). The molecule has 0 radical (unpaired) electrons. The minimum Gasteiger partial charge on any atom is -0.270 e. The Labute approximate surface area is 112 Å². The van der Waals surface area contributed by atoms with Crippen molar-refractivity contribution in [2.45, 2.75) is 32.6 Å². The summed E-state index contributed by atoms with van der Waals surface area (Å²) in [5.41, 5.74) is -1.22. The third kappa shape index (κ3) is 3.06. The lowest BCUT2D eigenvalue weighted by molar-refractivity contribution is -0.142. The second-order valence-electron chi connectivity index (χ2n) is 4.59. The topological polar surface area (TPSA) is 52.7 Å². The summed E-state index contributed by atoms with van der Waals surface area (Å²) in [6, 6.07) is 3.31. The molecule has 2 heterocycles. The van der Waals surface area contributed by atoms with Gasteiger partial charge in [-0.1, -0.05) is 0 Å². The van der Waals surface area contributed by atoms with E-state index in [4.69, 9.17) is 0 Å². The van der Waals surface area contributed by atoms with Gasteiger partial charge in [0, 0.05) is 18.3 Å². The highest BCUT2D eigenvalue weighted by molar-refractivity contribution is 5.06. The molecule has 0 aliphatic carbocycles. The highest BCUT2D eigenvalue weighted by atomic mass is 19.4. The van der Waals surface area contributed by atoms with E-state index in [9.17, 15) is 18.0 Å². The second-order valence-corrected chi connectivity index (χ2v) is 4.59. The van der Waals surface area contributed by atoms with E-state index in [2.05, 4.69) is 10.2 Å². The van der Waals surface area contributed by atoms with Gasteiger partial charge in [0.1, 0.15) is 0 Å². The van der Waals surface area contributed by atoms with Crippen molar-refractivity contribution in [3.8, 4) is 0 Å². The summed E-state index contributed by atoms with van der Waals surface area (Å²) in [7, 11) is 0. The zero-order valence-corrected chi connectivity index (χ0v) is 10.9. The Morgan fingerprint density at radius 3 is 2.45 bits per heavy atom. The van der Waals surface area contributed by atoms with Gasteiger partial charge in [-0.2, -0.15) is 23.4 Å². The van der Waals surface area contributed by atoms with Crippen LogP contribution in [0.15, 0.2) is 29.2 Å². The molecule has 0 saturated heterocycles. The fraction of sp³-hybridized carbons (Fsp3) is 0.417. The molecule has 5 nitrogen and oxygen atoms in total. The van der Waals surface area contributed by atoms with Crippen LogP contribution in [-0.4, -0.2) is 19.6 Å². The average molecular weight is 286 g/mol. The van der Waals surface area contributed by atoms with Crippen LogP contribution in [0, 0.1) is 0 Å². The third-order valence-corrected chi connectivity index (χ3v) is 2.66. The molecule has 0 aromatic carbocycles. The van der Waals surface area contributed by atoms with Gasteiger partial charge in [-0.25, -0.2) is 4.68 Å². The van der Waals surface area contributed by atoms with Crippen molar-refractivity contribution in [2.75, 3.05) is 0 Å². The molecule has 0 fully saturated rings. The van der Waals surface area contributed by atoms with E-state index in [1.54, 1.807) is 16.9 Å². The average Bonchev–Trinajstić information content (AvgIpc) is 2.79. The number of halogens is 3. The van der Waals surface area contributed by atoms with E-state index in [1.165, 1.54) is 0 Å². The summed E-state index contributed by atoms with van der Waals surface area (Å²) in [6.07, 6.45) is -2.87. The normalized spacial score (nSPS) is 12.1. The minimum absolute atomic E-state index is 0.0948. The Kier molecular flexibility index (Phi) is 3.65. The van der Waals surface area contributed by atoms with Gasteiger partial charge in [0.15, 0.2) is 5.69 Å². The zero-order chi connectivity index (χ0) is 14.9. The van der Waals surface area contributed by atoms with Crippen LogP contribution in [0.2, 0.25) is 0 Å². The van der Waals surface area contributed by atoms with Crippen molar-refractivity contribution in [3.63, 3.8) is 0 Å². The monoisotopic (exact) mass is 286 g/mol. The van der Waals surface area contributed by atoms with Crippen LogP contribution in [0.1, 0.15) is 31.3 Å². The Hall–Kier alpha value is -2.12. The molecular formula is C12H13F3N4O. The highest BCUT2D eigenvalue weighted by Gasteiger charge is 2.33. The minimum atomic E-state index is -4.58. The first-order valence-electron chi connectivity index (χ1n) is 5.97. The number of alkyl halides is 3. The lowest BCUT2D eigenvalue weighted by Crippen LogP contribution is -2.26. The lowest BCUT2D eigenvalue weighted by atomic mass is 10.4. The van der Waals surface area contributed by atoms with Gasteiger partial charge in [-0.3, -0.25) is 9.48 Å². The summed E-state index contributed by atoms with van der Waals surface area (Å²) >= 11 is 0. The molecule has 0 amide bonds. The molecule has 0 atom stereocenters. The molecule has 0 unspecified atom stereocenters. The fourth-order valence-corrected chi connectivity index (χ4v) is 1.62. The maximum Gasteiger partial charge on any atom is 0.435 e. The van der Waals surface area contributed by atoms with Crippen molar-refractivity contribution in [2.24, 2.45) is 0 Å². The molecule has 0 N–H and O–H groups in total. The van der Waals surface area contributed by atoms with E-state index in [-0.39, 0.29) is 12.6 Å². The SMILES string of the molecule is CC(C)n1ccc(Cn2nc(C(F)(F)F)ccc2=O)n1. The van der Waals surface area contributed by atoms with Gasteiger partial charge >= 0.3 is 6.18 Å². The van der Waals surface area contributed by atoms with E-state index in [0.29, 0.717) is 11.8 Å². The van der Waals surface area contributed by atoms with E-state index >= 15 is 0 Å². The molecule has 8 heteroatoms. The molecular weight excluding hydrogens is 273 g/mol. The van der Waals surface area contributed by atoms with Crippen LogP contribution in [-0.2, 0) is 12.7 Å². The van der Waals surface area contributed by atoms with E-state index in [0.717, 1.165) is 10.7 Å². The molecule has 0 aliphatic heterocycles. The molecule has 2 aromatic rings. The number of rotatable bonds is 3. The van der Waals surface area contributed by atoms with Gasteiger partial charge in [0.2, 0.25) is 0 Å². The maximum atomic E-state index is 12.6. The Morgan fingerprint density at radius 2 is 1.90 bits per heavy atom. The lowest BCUT2D eigenvalue weighted by Gasteiger charge is -2.08. The smallest absolute Gasteiger partial charge is 0.270 e. The van der Waals surface area contributed by atoms with E-state index in [1.807, 2.05) is 13.8 Å². The van der Waals surface area contributed by atoms with Gasteiger partial charge in [-0.15, -0.1) is 0 Å². The quantitative estimate of drug-likeness (QED) is 0.868. The van der Waals surface area contributed by atoms with Gasteiger partial charge in [-0.05, 0) is 26.0 Å². The van der Waals surface area contributed by atoms with Crippen molar-refractivity contribution >= 4 is 0 Å². The van der Waals surface area contributed by atoms with Gasteiger partial charge < -0.3 is 0 Å². The van der Waals surface area contributed by atoms with Gasteiger partial charge in [0.05, 0.1) is 12.2 Å². The summed E-state index contributed by atoms with van der Waals surface area (Å²) in [6.45, 7) is 3.75. The first-order valence-corrected chi connectivity index (χ1v) is 5.97. The molecule has 0 spiro atoms. The number of hydrogen-bond acceptors (Lipinski definition) is 3. The Morgan fingerprint density at radius 1 is 1.20 bits per heavy atom. The summed E-state index contributed by atoms with van der Waals surface area (Å²) in [5.74, 6) is 0. The van der Waals surface area contributed by atoms with Crippen LogP contribution in [0.3, 0.4) is 0 Å². The maximum absolute atomic E-state index is 12.6. The molecule has 0 bridgehead atoms. The summed E-state index contributed by atoms with van der Waals surface area (Å²) < 4.78 is 40.1. The molecule has 20 heavy (non-hydrogen) atoms. The first-order chi connectivity index (χ1) is 9.27. The van der Waals surface area contributed by atoms with Crippen molar-refractivity contribution in [1.82, 2.24) is 19.6 Å². The fourth-order valence-electron chi connectivity index (χ4n) is 1.62. The van der Waals surface area contributed by atoms with Crippen LogP contribution in [0.25, 0.3) is 0 Å². The first kappa shape index (κ1) is 14.3. The highest BCUT2D eigenvalue weighted by Crippen LogP contribution is 2.26. The summed E-state index contributed by atoms with van der Waals surface area (Å²) in [5, 5.41) is 7.50. The standard InChI is InChI=1S/C12H13F3N4O/c1-8(2)18-6-5-9(16-18)7-19-11(20)4-3-10(17-19)12(13,14)15/h3-6,8H,7H2,1-2H3. The number of hydrogen-bond donors (Lipinski definition) is 0. The van der Waals surface area contributed by atoms with Crippen LogP contribution >= 0.6 is 0 Å².